The molecule has 0 saturated heterocycles. The minimum Gasteiger partial charge on any atom is -0.354 e. The maximum absolute atomic E-state index is 4.98. The Morgan fingerprint density at radius 3 is 2.63 bits per heavy atom. The van der Waals surface area contributed by atoms with Crippen LogP contribution >= 0.6 is 0 Å². The molecule has 0 radical (unpaired) electrons. The van der Waals surface area contributed by atoms with E-state index in [0.717, 1.165) is 30.4 Å². The van der Waals surface area contributed by atoms with Crippen LogP contribution in [0, 0.1) is 11.8 Å². The first-order chi connectivity index (χ1) is 14.7. The predicted octanol–water partition coefficient (Wildman–Crippen LogP) is 4.05. The highest BCUT2D eigenvalue weighted by Gasteiger charge is 2.25. The molecular formula is C24H32N6. The average molecular weight is 405 g/mol. The first-order valence-corrected chi connectivity index (χ1v) is 11.4. The van der Waals surface area contributed by atoms with Crippen LogP contribution in [0.5, 0.6) is 0 Å². The van der Waals surface area contributed by atoms with Crippen molar-refractivity contribution >= 4 is 0 Å². The molecule has 3 heterocycles. The molecule has 0 amide bonds. The van der Waals surface area contributed by atoms with Crippen LogP contribution in [0.1, 0.15) is 55.6 Å². The van der Waals surface area contributed by atoms with Gasteiger partial charge in [0, 0.05) is 61.5 Å². The number of H-pyrrole nitrogens is 1. The summed E-state index contributed by atoms with van der Waals surface area (Å²) < 4.78 is 2.27. The van der Waals surface area contributed by atoms with E-state index < -0.39 is 0 Å². The lowest BCUT2D eigenvalue weighted by molar-refractivity contribution is 0.287. The number of rotatable bonds is 8. The molecule has 0 bridgehead atoms. The van der Waals surface area contributed by atoms with Crippen LogP contribution in [-0.2, 0) is 26.4 Å². The summed E-state index contributed by atoms with van der Waals surface area (Å²) in [6.45, 7) is 0.900. The van der Waals surface area contributed by atoms with Crippen molar-refractivity contribution in [3.05, 3.63) is 54.0 Å². The molecule has 0 aromatic carbocycles. The van der Waals surface area contributed by atoms with Crippen molar-refractivity contribution < 1.29 is 0 Å². The molecule has 6 nitrogen and oxygen atoms in total. The Bertz CT molecular complexity index is 948. The normalized spacial score (nSPS) is 21.8. The van der Waals surface area contributed by atoms with Crippen molar-refractivity contribution in [1.82, 2.24) is 30.0 Å². The molecule has 6 heteroatoms. The van der Waals surface area contributed by atoms with Gasteiger partial charge in [-0.2, -0.15) is 5.10 Å². The third-order valence-electron chi connectivity index (χ3n) is 6.83. The molecule has 5 rings (SSSR count). The van der Waals surface area contributed by atoms with Crippen molar-refractivity contribution in [3.8, 4) is 11.3 Å². The average Bonchev–Trinajstić information content (AvgIpc) is 3.29. The fourth-order valence-corrected chi connectivity index (χ4v) is 4.76. The Hall–Kier alpha value is -2.47. The van der Waals surface area contributed by atoms with E-state index in [1.807, 2.05) is 18.6 Å². The number of nitrogens with one attached hydrogen (secondary N) is 2. The van der Waals surface area contributed by atoms with Gasteiger partial charge < -0.3 is 9.88 Å². The second kappa shape index (κ2) is 8.72. The lowest BCUT2D eigenvalue weighted by Gasteiger charge is -2.28. The fraction of sp³-hybridized carbons (Fsp3) is 0.542. The Labute approximate surface area is 178 Å². The van der Waals surface area contributed by atoms with Gasteiger partial charge in [0.1, 0.15) is 5.82 Å². The number of aromatic nitrogens is 5. The molecule has 3 aromatic rings. The van der Waals surface area contributed by atoms with Gasteiger partial charge >= 0.3 is 0 Å². The Morgan fingerprint density at radius 1 is 1.07 bits per heavy atom. The fourth-order valence-electron chi connectivity index (χ4n) is 4.76. The zero-order valence-corrected chi connectivity index (χ0v) is 17.8. The van der Waals surface area contributed by atoms with E-state index in [9.17, 15) is 0 Å². The lowest BCUT2D eigenvalue weighted by Crippen LogP contribution is -2.33. The van der Waals surface area contributed by atoms with E-state index >= 15 is 0 Å². The van der Waals surface area contributed by atoms with Crippen LogP contribution in [0.15, 0.2) is 36.9 Å². The summed E-state index contributed by atoms with van der Waals surface area (Å²) in [6.07, 6.45) is 17.8. The van der Waals surface area contributed by atoms with Gasteiger partial charge in [0.25, 0.3) is 0 Å². The summed E-state index contributed by atoms with van der Waals surface area (Å²) in [5, 5.41) is 10.6. The quantitative estimate of drug-likeness (QED) is 0.594. The molecule has 2 aliphatic rings. The van der Waals surface area contributed by atoms with Gasteiger partial charge in [-0.05, 0) is 68.9 Å². The summed E-state index contributed by atoms with van der Waals surface area (Å²) in [7, 11) is 2.16. The molecule has 2 saturated carbocycles. The van der Waals surface area contributed by atoms with Crippen LogP contribution in [0.2, 0.25) is 0 Å². The smallest absolute Gasteiger partial charge is 0.129 e. The van der Waals surface area contributed by atoms with Crippen molar-refractivity contribution in [2.75, 3.05) is 0 Å². The minimum atomic E-state index is 0.609. The molecule has 0 unspecified atom stereocenters. The highest BCUT2D eigenvalue weighted by molar-refractivity contribution is 5.62. The van der Waals surface area contributed by atoms with E-state index in [1.54, 1.807) is 0 Å². The molecule has 0 aliphatic heterocycles. The van der Waals surface area contributed by atoms with Gasteiger partial charge in [0.15, 0.2) is 0 Å². The molecule has 0 spiro atoms. The summed E-state index contributed by atoms with van der Waals surface area (Å²) in [4.78, 5) is 9.59. The van der Waals surface area contributed by atoms with Gasteiger partial charge in [0.2, 0.25) is 0 Å². The summed E-state index contributed by atoms with van der Waals surface area (Å²) >= 11 is 0. The van der Waals surface area contributed by atoms with Crippen LogP contribution < -0.4 is 5.32 Å². The predicted molar refractivity (Wildman–Crippen MR) is 118 cm³/mol. The maximum Gasteiger partial charge on any atom is 0.129 e. The Kier molecular flexibility index (Phi) is 5.67. The topological polar surface area (TPSA) is 71.4 Å². The molecular weight excluding hydrogens is 372 g/mol. The van der Waals surface area contributed by atoms with Crippen molar-refractivity contribution in [2.45, 2.75) is 64.0 Å². The van der Waals surface area contributed by atoms with Crippen LogP contribution in [0.25, 0.3) is 11.3 Å². The highest BCUT2D eigenvalue weighted by atomic mass is 15.1. The van der Waals surface area contributed by atoms with Gasteiger partial charge in [0.05, 0.1) is 11.9 Å². The molecule has 2 aliphatic carbocycles. The molecule has 158 valence electrons. The number of hydrogen-bond donors (Lipinski definition) is 2. The van der Waals surface area contributed by atoms with Gasteiger partial charge in [-0.25, -0.2) is 9.97 Å². The Morgan fingerprint density at radius 2 is 1.87 bits per heavy atom. The van der Waals surface area contributed by atoms with Crippen LogP contribution in [0.4, 0.5) is 0 Å². The van der Waals surface area contributed by atoms with E-state index in [0.29, 0.717) is 12.0 Å². The number of hydrogen-bond acceptors (Lipinski definition) is 4. The number of aryl methyl sites for hydroxylation is 1. The Balaban J connectivity index is 1.18. The van der Waals surface area contributed by atoms with Crippen molar-refractivity contribution in [2.24, 2.45) is 18.9 Å². The van der Waals surface area contributed by atoms with Crippen LogP contribution in [0.3, 0.4) is 0 Å². The molecule has 2 N–H and O–H groups in total. The first-order valence-electron chi connectivity index (χ1n) is 11.4. The SMILES string of the molecule is Cn1ccc(-c2ccnc(CC3CCC(NCc4cn[nH]c4)CC3)n2)c1CC1CC1. The van der Waals surface area contributed by atoms with Crippen molar-refractivity contribution in [3.63, 3.8) is 0 Å². The van der Waals surface area contributed by atoms with Gasteiger partial charge in [-0.3, -0.25) is 5.10 Å². The van der Waals surface area contributed by atoms with E-state index in [4.69, 9.17) is 4.98 Å². The largest absolute Gasteiger partial charge is 0.354 e. The summed E-state index contributed by atoms with van der Waals surface area (Å²) in [6, 6.07) is 4.91. The zero-order valence-electron chi connectivity index (χ0n) is 17.8. The van der Waals surface area contributed by atoms with E-state index in [1.165, 1.54) is 61.8 Å². The van der Waals surface area contributed by atoms with Gasteiger partial charge in [-0.1, -0.05) is 0 Å². The molecule has 3 aromatic heterocycles. The number of nitrogens with zero attached hydrogens (tertiary/aromatic N) is 4. The lowest BCUT2D eigenvalue weighted by atomic mass is 9.84. The van der Waals surface area contributed by atoms with E-state index in [2.05, 4.69) is 50.4 Å². The minimum absolute atomic E-state index is 0.609. The summed E-state index contributed by atoms with van der Waals surface area (Å²) in [5.41, 5.74) is 5.03. The second-order valence-corrected chi connectivity index (χ2v) is 9.20. The van der Waals surface area contributed by atoms with Gasteiger partial charge in [-0.15, -0.1) is 0 Å². The molecule has 0 atom stereocenters. The van der Waals surface area contributed by atoms with E-state index in [-0.39, 0.29) is 0 Å². The highest BCUT2D eigenvalue weighted by Crippen LogP contribution is 2.36. The van der Waals surface area contributed by atoms with Crippen molar-refractivity contribution in [1.29, 1.82) is 0 Å². The second-order valence-electron chi connectivity index (χ2n) is 9.20. The zero-order chi connectivity index (χ0) is 20.3. The van der Waals surface area contributed by atoms with Crippen LogP contribution in [-0.4, -0.2) is 30.8 Å². The third kappa shape index (κ3) is 4.64. The third-order valence-corrected chi connectivity index (χ3v) is 6.83. The standard InChI is InChI=1S/C24H32N6/c1-30-11-9-21(23(30)12-17-2-3-17)22-8-10-25-24(29-22)13-18-4-6-20(7-5-18)26-14-19-15-27-28-16-19/h8-11,15-18,20,26H,2-7,12-14H2,1H3,(H,27,28). The maximum atomic E-state index is 4.98. The number of aromatic amines is 1. The molecule has 2 fully saturated rings. The first kappa shape index (κ1) is 19.5. The monoisotopic (exact) mass is 404 g/mol. The molecule has 30 heavy (non-hydrogen) atoms. The summed E-state index contributed by atoms with van der Waals surface area (Å²) in [5.74, 6) is 2.56.